The van der Waals surface area contributed by atoms with E-state index >= 15 is 0 Å². The van der Waals surface area contributed by atoms with Gasteiger partial charge in [-0.1, -0.05) is 30.3 Å². The van der Waals surface area contributed by atoms with E-state index in [-0.39, 0.29) is 0 Å². The summed E-state index contributed by atoms with van der Waals surface area (Å²) in [5.74, 6) is 0.460. The number of nitrogens with zero attached hydrogens (tertiary/aromatic N) is 2. The van der Waals surface area contributed by atoms with Crippen LogP contribution in [0.15, 0.2) is 41.6 Å². The number of nitrogens with two attached hydrogens (primary N) is 1. The number of rotatable bonds is 1. The summed E-state index contributed by atoms with van der Waals surface area (Å²) in [6.45, 7) is 0. The summed E-state index contributed by atoms with van der Waals surface area (Å²) in [7, 11) is 0. The van der Waals surface area contributed by atoms with Crippen LogP contribution >= 0.6 is 11.9 Å². The molecule has 5 heteroatoms. The van der Waals surface area contributed by atoms with Gasteiger partial charge in [0.15, 0.2) is 5.82 Å². The molecule has 17 heavy (non-hydrogen) atoms. The summed E-state index contributed by atoms with van der Waals surface area (Å²) in [5, 5.41) is 0.848. The van der Waals surface area contributed by atoms with Crippen LogP contribution in [0.2, 0.25) is 0 Å². The molecule has 1 aromatic carbocycles. The van der Waals surface area contributed by atoms with Gasteiger partial charge in [-0.25, -0.2) is 9.97 Å². The molecule has 0 unspecified atom stereocenters. The first-order chi connectivity index (χ1) is 8.34. The zero-order chi connectivity index (χ0) is 11.7. The minimum absolute atomic E-state index is 0.460. The van der Waals surface area contributed by atoms with Crippen LogP contribution < -0.4 is 10.5 Å². The molecule has 0 fully saturated rings. The van der Waals surface area contributed by atoms with E-state index < -0.39 is 0 Å². The van der Waals surface area contributed by atoms with Gasteiger partial charge in [0.2, 0.25) is 0 Å². The van der Waals surface area contributed by atoms with E-state index in [4.69, 9.17) is 5.73 Å². The third-order valence-corrected chi connectivity index (χ3v) is 3.18. The average molecular weight is 242 g/mol. The van der Waals surface area contributed by atoms with E-state index in [0.29, 0.717) is 5.82 Å². The number of aromatic nitrogens is 2. The Morgan fingerprint density at radius 1 is 1.12 bits per heavy atom. The van der Waals surface area contributed by atoms with Crippen LogP contribution in [0.25, 0.3) is 17.3 Å². The molecule has 1 aliphatic heterocycles. The highest BCUT2D eigenvalue weighted by Crippen LogP contribution is 2.29. The number of nitrogens with one attached hydrogen (secondary N) is 1. The summed E-state index contributed by atoms with van der Waals surface area (Å²) in [6.07, 6.45) is 3.69. The Morgan fingerprint density at radius 3 is 2.76 bits per heavy atom. The second-order valence-corrected chi connectivity index (χ2v) is 4.39. The van der Waals surface area contributed by atoms with Crippen molar-refractivity contribution in [2.45, 2.75) is 5.03 Å². The minimum Gasteiger partial charge on any atom is -0.382 e. The van der Waals surface area contributed by atoms with E-state index in [0.717, 1.165) is 22.0 Å². The van der Waals surface area contributed by atoms with Crippen LogP contribution in [0.1, 0.15) is 5.69 Å². The zero-order valence-corrected chi connectivity index (χ0v) is 9.74. The SMILES string of the molecule is Nc1nc2c(nc1-c1ccccc1)SNC=C2. The molecule has 0 spiro atoms. The lowest BCUT2D eigenvalue weighted by Gasteiger charge is -2.12. The van der Waals surface area contributed by atoms with E-state index in [2.05, 4.69) is 14.7 Å². The van der Waals surface area contributed by atoms with Gasteiger partial charge in [0.05, 0.1) is 0 Å². The highest BCUT2D eigenvalue weighted by atomic mass is 32.2. The molecule has 0 amide bonds. The van der Waals surface area contributed by atoms with Crippen LogP contribution in [0, 0.1) is 0 Å². The van der Waals surface area contributed by atoms with Gasteiger partial charge in [-0.3, -0.25) is 0 Å². The third kappa shape index (κ3) is 1.85. The van der Waals surface area contributed by atoms with Crippen molar-refractivity contribution < 1.29 is 0 Å². The maximum atomic E-state index is 5.94. The maximum Gasteiger partial charge on any atom is 0.150 e. The third-order valence-electron chi connectivity index (χ3n) is 2.43. The van der Waals surface area contributed by atoms with Crippen LogP contribution in [0.3, 0.4) is 0 Å². The maximum absolute atomic E-state index is 5.94. The standard InChI is InChI=1S/C12H10N4S/c13-11-10(8-4-2-1-3-5-8)16-12-9(15-11)6-7-14-17-12/h1-7,14H,(H2,13,15). The van der Waals surface area contributed by atoms with Crippen molar-refractivity contribution in [1.29, 1.82) is 0 Å². The van der Waals surface area contributed by atoms with Gasteiger partial charge in [0.1, 0.15) is 16.4 Å². The zero-order valence-electron chi connectivity index (χ0n) is 8.92. The van der Waals surface area contributed by atoms with Gasteiger partial charge in [-0.05, 0) is 6.08 Å². The molecular weight excluding hydrogens is 232 g/mol. The number of hydrogen-bond donors (Lipinski definition) is 2. The molecule has 0 aliphatic carbocycles. The topological polar surface area (TPSA) is 63.8 Å². The molecule has 0 saturated heterocycles. The predicted molar refractivity (Wildman–Crippen MR) is 69.9 cm³/mol. The van der Waals surface area contributed by atoms with Gasteiger partial charge < -0.3 is 10.5 Å². The monoisotopic (exact) mass is 242 g/mol. The van der Waals surface area contributed by atoms with Crippen LogP contribution in [0.4, 0.5) is 5.82 Å². The van der Waals surface area contributed by atoms with Crippen molar-refractivity contribution in [3.63, 3.8) is 0 Å². The second kappa shape index (κ2) is 4.10. The fourth-order valence-electron chi connectivity index (χ4n) is 1.64. The van der Waals surface area contributed by atoms with Crippen molar-refractivity contribution in [2.75, 3.05) is 5.73 Å². The van der Waals surface area contributed by atoms with E-state index in [1.165, 1.54) is 11.9 Å². The molecule has 0 radical (unpaired) electrons. The Kier molecular flexibility index (Phi) is 2.45. The molecule has 2 heterocycles. The van der Waals surface area contributed by atoms with Gasteiger partial charge in [-0.15, -0.1) is 0 Å². The summed E-state index contributed by atoms with van der Waals surface area (Å²) >= 11 is 1.44. The number of benzene rings is 1. The Bertz CT molecular complexity index is 581. The first-order valence-corrected chi connectivity index (χ1v) is 5.98. The van der Waals surface area contributed by atoms with E-state index in [1.807, 2.05) is 42.6 Å². The molecule has 0 bridgehead atoms. The molecule has 1 aromatic heterocycles. The number of fused-ring (bicyclic) bond motifs is 1. The average Bonchev–Trinajstić information content (AvgIpc) is 2.39. The fourth-order valence-corrected chi connectivity index (χ4v) is 2.24. The Morgan fingerprint density at radius 2 is 1.94 bits per heavy atom. The predicted octanol–water partition coefficient (Wildman–Crippen LogP) is 2.31. The Balaban J connectivity index is 2.16. The van der Waals surface area contributed by atoms with Crippen molar-refractivity contribution in [1.82, 2.24) is 14.7 Å². The molecule has 0 atom stereocenters. The largest absolute Gasteiger partial charge is 0.382 e. The summed E-state index contributed by atoms with van der Waals surface area (Å²) in [6, 6.07) is 9.83. The summed E-state index contributed by atoms with van der Waals surface area (Å²) in [4.78, 5) is 8.90. The second-order valence-electron chi connectivity index (χ2n) is 3.57. The Labute approximate surface area is 103 Å². The van der Waals surface area contributed by atoms with Gasteiger partial charge in [0.25, 0.3) is 0 Å². The van der Waals surface area contributed by atoms with Crippen molar-refractivity contribution in [3.05, 3.63) is 42.2 Å². The molecule has 4 nitrogen and oxygen atoms in total. The van der Waals surface area contributed by atoms with E-state index in [9.17, 15) is 0 Å². The van der Waals surface area contributed by atoms with Crippen LogP contribution in [-0.4, -0.2) is 9.97 Å². The number of anilines is 1. The van der Waals surface area contributed by atoms with Crippen LogP contribution in [-0.2, 0) is 0 Å². The normalized spacial score (nSPS) is 12.9. The number of nitrogen functional groups attached to an aromatic ring is 1. The lowest BCUT2D eigenvalue weighted by molar-refractivity contribution is 1.04. The van der Waals surface area contributed by atoms with Crippen molar-refractivity contribution in [3.8, 4) is 11.3 Å². The van der Waals surface area contributed by atoms with Gasteiger partial charge in [0, 0.05) is 23.7 Å². The fraction of sp³-hybridized carbons (Fsp3) is 0. The van der Waals surface area contributed by atoms with Gasteiger partial charge in [-0.2, -0.15) is 0 Å². The Hall–Kier alpha value is -2.01. The van der Waals surface area contributed by atoms with Crippen molar-refractivity contribution >= 4 is 23.8 Å². The quantitative estimate of drug-likeness (QED) is 0.751. The molecule has 1 aliphatic rings. The van der Waals surface area contributed by atoms with Crippen molar-refractivity contribution in [2.24, 2.45) is 0 Å². The smallest absolute Gasteiger partial charge is 0.150 e. The first kappa shape index (κ1) is 10.2. The van der Waals surface area contributed by atoms with Crippen LogP contribution in [0.5, 0.6) is 0 Å². The molecule has 0 saturated carbocycles. The van der Waals surface area contributed by atoms with E-state index in [1.54, 1.807) is 0 Å². The van der Waals surface area contributed by atoms with Gasteiger partial charge >= 0.3 is 0 Å². The minimum atomic E-state index is 0.460. The summed E-state index contributed by atoms with van der Waals surface area (Å²) in [5.41, 5.74) is 8.46. The lowest BCUT2D eigenvalue weighted by Crippen LogP contribution is -2.07. The molecule has 2 aromatic rings. The highest BCUT2D eigenvalue weighted by molar-refractivity contribution is 7.97. The molecular formula is C12H10N4S. The lowest BCUT2D eigenvalue weighted by atomic mass is 10.1. The molecule has 84 valence electrons. The highest BCUT2D eigenvalue weighted by Gasteiger charge is 2.13. The first-order valence-electron chi connectivity index (χ1n) is 5.16. The summed E-state index contributed by atoms with van der Waals surface area (Å²) < 4.78 is 3.03. The molecule has 3 N–H and O–H groups in total. The molecule has 3 rings (SSSR count). The number of hydrogen-bond acceptors (Lipinski definition) is 5.